The van der Waals surface area contributed by atoms with Gasteiger partial charge in [0.1, 0.15) is 0 Å². The minimum absolute atomic E-state index is 0.449. The van der Waals surface area contributed by atoms with Gasteiger partial charge >= 0.3 is 11.8 Å². The van der Waals surface area contributed by atoms with Gasteiger partial charge in [-0.1, -0.05) is 0 Å². The molecule has 1 aromatic carbocycles. The van der Waals surface area contributed by atoms with Crippen LogP contribution in [0, 0.1) is 0 Å². The van der Waals surface area contributed by atoms with Crippen molar-refractivity contribution in [1.82, 2.24) is 24.8 Å². The highest BCUT2D eigenvalue weighted by atomic mass is 16.2. The molecule has 0 aliphatic carbocycles. The van der Waals surface area contributed by atoms with Crippen LogP contribution in [-0.2, 0) is 9.59 Å². The van der Waals surface area contributed by atoms with Crippen molar-refractivity contribution in [2.24, 2.45) is 0 Å². The molecule has 2 N–H and O–H groups in total. The standard InChI is InChI=1S/C17H17N7O2/c25-15(22-12-2-3-13-14(10-12)21-11-20-13)16(26)23-6-8-24(9-7-23)17-18-4-1-5-19-17/h1-5,10-11H,6-9H2,(H,20,21)(H,22,25). The second kappa shape index (κ2) is 6.79. The predicted molar refractivity (Wildman–Crippen MR) is 95.5 cm³/mol. The van der Waals surface area contributed by atoms with Gasteiger partial charge in [-0.2, -0.15) is 0 Å². The summed E-state index contributed by atoms with van der Waals surface area (Å²) >= 11 is 0. The average Bonchev–Trinajstić information content (AvgIpc) is 3.16. The molecule has 1 aliphatic rings. The minimum atomic E-state index is -0.645. The van der Waals surface area contributed by atoms with Crippen molar-refractivity contribution in [3.8, 4) is 0 Å². The molecule has 1 saturated heterocycles. The molecule has 132 valence electrons. The third kappa shape index (κ3) is 3.18. The number of piperazine rings is 1. The number of aromatic nitrogens is 4. The lowest BCUT2D eigenvalue weighted by molar-refractivity contribution is -0.143. The van der Waals surface area contributed by atoms with Crippen LogP contribution in [0.15, 0.2) is 43.0 Å². The summed E-state index contributed by atoms with van der Waals surface area (Å²) in [6.07, 6.45) is 4.95. The third-order valence-corrected chi connectivity index (χ3v) is 4.27. The van der Waals surface area contributed by atoms with Crippen molar-refractivity contribution >= 4 is 34.5 Å². The predicted octanol–water partition coefficient (Wildman–Crippen LogP) is 0.640. The highest BCUT2D eigenvalue weighted by Gasteiger charge is 2.26. The number of anilines is 2. The summed E-state index contributed by atoms with van der Waals surface area (Å²) in [5.41, 5.74) is 2.15. The molecule has 2 aromatic heterocycles. The van der Waals surface area contributed by atoms with Crippen molar-refractivity contribution < 1.29 is 9.59 Å². The number of hydrogen-bond acceptors (Lipinski definition) is 6. The van der Waals surface area contributed by atoms with Crippen LogP contribution < -0.4 is 10.2 Å². The molecule has 2 amide bonds. The van der Waals surface area contributed by atoms with Gasteiger partial charge in [0, 0.05) is 44.3 Å². The lowest BCUT2D eigenvalue weighted by atomic mass is 10.2. The Hall–Kier alpha value is -3.49. The molecular formula is C17H17N7O2. The van der Waals surface area contributed by atoms with E-state index in [1.165, 1.54) is 0 Å². The van der Waals surface area contributed by atoms with Gasteiger partial charge in [0.2, 0.25) is 5.95 Å². The molecule has 0 spiro atoms. The first-order chi connectivity index (χ1) is 12.7. The molecule has 1 aliphatic heterocycles. The molecular weight excluding hydrogens is 334 g/mol. The molecule has 9 heteroatoms. The van der Waals surface area contributed by atoms with Crippen molar-refractivity contribution in [3.05, 3.63) is 43.0 Å². The Morgan fingerprint density at radius 3 is 2.58 bits per heavy atom. The lowest BCUT2D eigenvalue weighted by Crippen LogP contribution is -2.52. The lowest BCUT2D eigenvalue weighted by Gasteiger charge is -2.34. The normalized spacial score (nSPS) is 14.5. The fourth-order valence-corrected chi connectivity index (χ4v) is 2.91. The number of carbonyl (C=O) groups is 2. The molecule has 0 bridgehead atoms. The molecule has 9 nitrogen and oxygen atoms in total. The Kier molecular flexibility index (Phi) is 4.18. The molecule has 4 rings (SSSR count). The first-order valence-corrected chi connectivity index (χ1v) is 8.26. The zero-order valence-corrected chi connectivity index (χ0v) is 13.9. The first-order valence-electron chi connectivity index (χ1n) is 8.26. The summed E-state index contributed by atoms with van der Waals surface area (Å²) in [5, 5.41) is 2.65. The molecule has 0 radical (unpaired) electrons. The minimum Gasteiger partial charge on any atom is -0.345 e. The number of aromatic amines is 1. The zero-order valence-electron chi connectivity index (χ0n) is 13.9. The van der Waals surface area contributed by atoms with Gasteiger partial charge in [-0.3, -0.25) is 9.59 Å². The van der Waals surface area contributed by atoms with E-state index in [4.69, 9.17) is 0 Å². The summed E-state index contributed by atoms with van der Waals surface area (Å²) in [6.45, 7) is 2.07. The van der Waals surface area contributed by atoms with E-state index in [2.05, 4.69) is 25.3 Å². The van der Waals surface area contributed by atoms with E-state index in [9.17, 15) is 9.59 Å². The molecule has 0 unspecified atom stereocenters. The van der Waals surface area contributed by atoms with E-state index in [1.807, 2.05) is 4.90 Å². The molecule has 3 aromatic rings. The third-order valence-electron chi connectivity index (χ3n) is 4.27. The van der Waals surface area contributed by atoms with E-state index in [0.29, 0.717) is 37.8 Å². The Morgan fingerprint density at radius 2 is 1.81 bits per heavy atom. The Labute approximate surface area is 149 Å². The summed E-state index contributed by atoms with van der Waals surface area (Å²) in [5.74, 6) is -0.548. The number of imidazole rings is 1. The number of nitrogens with one attached hydrogen (secondary N) is 2. The molecule has 3 heterocycles. The summed E-state index contributed by atoms with van der Waals surface area (Å²) in [6, 6.07) is 7.01. The Bertz CT molecular complexity index is 932. The zero-order chi connectivity index (χ0) is 17.9. The number of hydrogen-bond donors (Lipinski definition) is 2. The number of nitrogens with zero attached hydrogens (tertiary/aromatic N) is 5. The van der Waals surface area contributed by atoms with Crippen LogP contribution >= 0.6 is 0 Å². The smallest absolute Gasteiger partial charge is 0.313 e. The van der Waals surface area contributed by atoms with Crippen molar-refractivity contribution in [1.29, 1.82) is 0 Å². The fourth-order valence-electron chi connectivity index (χ4n) is 2.91. The van der Waals surface area contributed by atoms with Gasteiger partial charge in [0.05, 0.1) is 17.4 Å². The van der Waals surface area contributed by atoms with Crippen molar-refractivity contribution in [3.63, 3.8) is 0 Å². The summed E-state index contributed by atoms with van der Waals surface area (Å²) in [7, 11) is 0. The van der Waals surface area contributed by atoms with Crippen LogP contribution in [-0.4, -0.2) is 62.8 Å². The maximum atomic E-state index is 12.4. The largest absolute Gasteiger partial charge is 0.345 e. The van der Waals surface area contributed by atoms with Crippen molar-refractivity contribution in [2.45, 2.75) is 0 Å². The highest BCUT2D eigenvalue weighted by Crippen LogP contribution is 2.16. The van der Waals surface area contributed by atoms with Gasteiger partial charge < -0.3 is 20.1 Å². The Balaban J connectivity index is 1.36. The topological polar surface area (TPSA) is 107 Å². The molecule has 0 atom stereocenters. The first kappa shape index (κ1) is 16.0. The Morgan fingerprint density at radius 1 is 1.04 bits per heavy atom. The van der Waals surface area contributed by atoms with E-state index in [-0.39, 0.29) is 0 Å². The van der Waals surface area contributed by atoms with Crippen LogP contribution in [0.5, 0.6) is 0 Å². The van der Waals surface area contributed by atoms with Crippen LogP contribution in [0.2, 0.25) is 0 Å². The van der Waals surface area contributed by atoms with Crippen LogP contribution in [0.3, 0.4) is 0 Å². The maximum absolute atomic E-state index is 12.4. The summed E-state index contributed by atoms with van der Waals surface area (Å²) < 4.78 is 0. The summed E-state index contributed by atoms with van der Waals surface area (Å²) in [4.78, 5) is 43.7. The van der Waals surface area contributed by atoms with Gasteiger partial charge in [0.15, 0.2) is 0 Å². The number of fused-ring (bicyclic) bond motifs is 1. The number of amides is 2. The number of rotatable bonds is 2. The number of benzene rings is 1. The maximum Gasteiger partial charge on any atom is 0.313 e. The number of H-pyrrole nitrogens is 1. The monoisotopic (exact) mass is 351 g/mol. The van der Waals surface area contributed by atoms with E-state index >= 15 is 0 Å². The van der Waals surface area contributed by atoms with Crippen molar-refractivity contribution in [2.75, 3.05) is 36.4 Å². The van der Waals surface area contributed by atoms with E-state index < -0.39 is 11.8 Å². The second-order valence-electron chi connectivity index (χ2n) is 5.92. The van der Waals surface area contributed by atoms with Gasteiger partial charge in [-0.25, -0.2) is 15.0 Å². The van der Waals surface area contributed by atoms with Gasteiger partial charge in [-0.05, 0) is 24.3 Å². The fraction of sp³-hybridized carbons (Fsp3) is 0.235. The van der Waals surface area contributed by atoms with Crippen LogP contribution in [0.4, 0.5) is 11.6 Å². The van der Waals surface area contributed by atoms with E-state index in [1.54, 1.807) is 47.9 Å². The highest BCUT2D eigenvalue weighted by molar-refractivity contribution is 6.39. The van der Waals surface area contributed by atoms with Crippen LogP contribution in [0.25, 0.3) is 11.0 Å². The quantitative estimate of drug-likeness (QED) is 0.656. The molecule has 26 heavy (non-hydrogen) atoms. The second-order valence-corrected chi connectivity index (χ2v) is 5.92. The molecule has 1 fully saturated rings. The van der Waals surface area contributed by atoms with Crippen LogP contribution in [0.1, 0.15) is 0 Å². The van der Waals surface area contributed by atoms with E-state index in [0.717, 1.165) is 11.0 Å². The number of carbonyl (C=O) groups excluding carboxylic acids is 2. The SMILES string of the molecule is O=C(Nc1ccc2nc[nH]c2c1)C(=O)N1CCN(c2ncccn2)CC1. The molecule has 0 saturated carbocycles. The van der Waals surface area contributed by atoms with Gasteiger partial charge in [-0.15, -0.1) is 0 Å². The average molecular weight is 351 g/mol. The van der Waals surface area contributed by atoms with Gasteiger partial charge in [0.25, 0.3) is 0 Å².